The van der Waals surface area contributed by atoms with Gasteiger partial charge in [-0.3, -0.25) is 0 Å². The van der Waals surface area contributed by atoms with Gasteiger partial charge in [-0.2, -0.15) is 0 Å². The number of nitrogens with one attached hydrogen (secondary N) is 1. The average molecular weight is 293 g/mol. The summed E-state index contributed by atoms with van der Waals surface area (Å²) < 4.78 is 7.00. The summed E-state index contributed by atoms with van der Waals surface area (Å²) in [7, 11) is 0. The summed E-state index contributed by atoms with van der Waals surface area (Å²) in [6.07, 6.45) is 0. The summed E-state index contributed by atoms with van der Waals surface area (Å²) >= 11 is 3.52. The Bertz CT molecular complexity index is 354. The van der Waals surface area contributed by atoms with Crippen LogP contribution in [0.25, 0.3) is 0 Å². The van der Waals surface area contributed by atoms with Crippen LogP contribution in [0.3, 0.4) is 0 Å². The minimum atomic E-state index is -0.144. The molecule has 0 aliphatic carbocycles. The predicted octanol–water partition coefficient (Wildman–Crippen LogP) is 3.13. The topological polar surface area (TPSA) is 21.3 Å². The Balaban J connectivity index is 0.00000112. The molecule has 0 amide bonds. The van der Waals surface area contributed by atoms with E-state index in [9.17, 15) is 0 Å². The molecule has 0 atom stereocenters. The van der Waals surface area contributed by atoms with Crippen LogP contribution in [0.2, 0.25) is 0 Å². The molecule has 1 aliphatic rings. The van der Waals surface area contributed by atoms with Crippen LogP contribution in [0.5, 0.6) is 5.75 Å². The number of hydrogen-bond donors (Lipinski definition) is 1. The molecular weight excluding hydrogens is 277 g/mol. The van der Waals surface area contributed by atoms with Crippen LogP contribution in [-0.4, -0.2) is 12.1 Å². The van der Waals surface area contributed by atoms with Crippen LogP contribution in [0, 0.1) is 0 Å². The highest BCUT2D eigenvalue weighted by Crippen LogP contribution is 2.33. The molecule has 0 bridgehead atoms. The molecular formula is C11H15BrClNO. The smallest absolute Gasteiger partial charge is 0.138 e. The van der Waals surface area contributed by atoms with Gasteiger partial charge in [-0.15, -0.1) is 12.4 Å². The molecule has 1 aromatic carbocycles. The van der Waals surface area contributed by atoms with Gasteiger partial charge in [0.1, 0.15) is 11.4 Å². The maximum atomic E-state index is 5.97. The van der Waals surface area contributed by atoms with E-state index >= 15 is 0 Å². The molecule has 1 aromatic rings. The molecule has 0 aromatic heterocycles. The van der Waals surface area contributed by atoms with E-state index in [-0.39, 0.29) is 18.0 Å². The Hall–Kier alpha value is -0.250. The van der Waals surface area contributed by atoms with E-state index in [4.69, 9.17) is 4.74 Å². The van der Waals surface area contributed by atoms with E-state index in [1.165, 1.54) is 5.56 Å². The fourth-order valence-corrected chi connectivity index (χ4v) is 2.11. The highest BCUT2D eigenvalue weighted by Gasteiger charge is 2.25. The van der Waals surface area contributed by atoms with Gasteiger partial charge in [0, 0.05) is 18.7 Å². The Morgan fingerprint density at radius 3 is 2.87 bits per heavy atom. The first kappa shape index (κ1) is 12.8. The largest absolute Gasteiger partial charge is 0.485 e. The first-order valence-corrected chi connectivity index (χ1v) is 5.55. The summed E-state index contributed by atoms with van der Waals surface area (Å²) in [5.74, 6) is 0.975. The molecule has 1 N–H and O–H groups in total. The fourth-order valence-electron chi connectivity index (χ4n) is 1.62. The molecule has 0 saturated carbocycles. The predicted molar refractivity (Wildman–Crippen MR) is 67.8 cm³/mol. The zero-order valence-corrected chi connectivity index (χ0v) is 11.2. The molecule has 84 valence electrons. The number of benzene rings is 1. The molecule has 0 saturated heterocycles. The van der Waals surface area contributed by atoms with Crippen molar-refractivity contribution in [2.24, 2.45) is 0 Å². The molecule has 0 spiro atoms. The Kier molecular flexibility index (Phi) is 4.04. The van der Waals surface area contributed by atoms with Crippen LogP contribution < -0.4 is 10.1 Å². The number of halogens is 2. The highest BCUT2D eigenvalue weighted by molar-refractivity contribution is 9.10. The van der Waals surface area contributed by atoms with Gasteiger partial charge >= 0.3 is 0 Å². The van der Waals surface area contributed by atoms with Gasteiger partial charge < -0.3 is 10.1 Å². The Labute approximate surface area is 105 Å². The molecule has 0 unspecified atom stereocenters. The van der Waals surface area contributed by atoms with Crippen LogP contribution in [-0.2, 0) is 6.54 Å². The van der Waals surface area contributed by atoms with Crippen molar-refractivity contribution in [1.82, 2.24) is 5.32 Å². The third-order valence-electron chi connectivity index (χ3n) is 2.29. The van der Waals surface area contributed by atoms with Crippen molar-refractivity contribution in [3.63, 3.8) is 0 Å². The molecule has 15 heavy (non-hydrogen) atoms. The Morgan fingerprint density at radius 2 is 2.13 bits per heavy atom. The van der Waals surface area contributed by atoms with E-state index in [1.54, 1.807) is 0 Å². The van der Waals surface area contributed by atoms with Crippen molar-refractivity contribution in [1.29, 1.82) is 0 Å². The lowest BCUT2D eigenvalue weighted by molar-refractivity contribution is 0.114. The maximum absolute atomic E-state index is 5.97. The van der Waals surface area contributed by atoms with Gasteiger partial charge in [-0.05, 0) is 35.8 Å². The molecule has 0 radical (unpaired) electrons. The minimum absolute atomic E-state index is 0. The van der Waals surface area contributed by atoms with Gasteiger partial charge in [0.15, 0.2) is 0 Å². The SMILES string of the molecule is CC1(C)CNCc2cccc(Br)c2O1.Cl. The van der Waals surface area contributed by atoms with Crippen molar-refractivity contribution >= 4 is 28.3 Å². The fraction of sp³-hybridized carbons (Fsp3) is 0.455. The van der Waals surface area contributed by atoms with Crippen LogP contribution in [0.1, 0.15) is 19.4 Å². The number of para-hydroxylation sites is 1. The minimum Gasteiger partial charge on any atom is -0.485 e. The molecule has 1 heterocycles. The second-order valence-corrected chi connectivity index (χ2v) is 5.05. The van der Waals surface area contributed by atoms with Gasteiger partial charge in [-0.1, -0.05) is 12.1 Å². The lowest BCUT2D eigenvalue weighted by atomic mass is 10.1. The standard InChI is InChI=1S/C11H14BrNO.ClH/c1-11(2)7-13-6-8-4-3-5-9(12)10(8)14-11;/h3-5,13H,6-7H2,1-2H3;1H. The third-order valence-corrected chi connectivity index (χ3v) is 2.92. The summed E-state index contributed by atoms with van der Waals surface area (Å²) in [5.41, 5.74) is 1.07. The van der Waals surface area contributed by atoms with Crippen molar-refractivity contribution in [2.75, 3.05) is 6.54 Å². The van der Waals surface area contributed by atoms with E-state index in [0.717, 1.165) is 23.3 Å². The van der Waals surface area contributed by atoms with E-state index < -0.39 is 0 Å². The lowest BCUT2D eigenvalue weighted by Gasteiger charge is -2.24. The second kappa shape index (κ2) is 4.73. The molecule has 2 rings (SSSR count). The maximum Gasteiger partial charge on any atom is 0.138 e. The van der Waals surface area contributed by atoms with E-state index in [2.05, 4.69) is 41.2 Å². The van der Waals surface area contributed by atoms with Gasteiger partial charge in [0.25, 0.3) is 0 Å². The summed E-state index contributed by atoms with van der Waals surface area (Å²) in [4.78, 5) is 0. The van der Waals surface area contributed by atoms with Crippen molar-refractivity contribution in [3.05, 3.63) is 28.2 Å². The van der Waals surface area contributed by atoms with Crippen LogP contribution in [0.4, 0.5) is 0 Å². The van der Waals surface area contributed by atoms with Crippen LogP contribution >= 0.6 is 28.3 Å². The summed E-state index contributed by atoms with van der Waals surface area (Å²) in [6.45, 7) is 5.93. The average Bonchev–Trinajstić information content (AvgIpc) is 2.24. The molecule has 0 fully saturated rings. The summed E-state index contributed by atoms with van der Waals surface area (Å²) in [5, 5.41) is 3.38. The third kappa shape index (κ3) is 2.86. The van der Waals surface area contributed by atoms with E-state index in [1.807, 2.05) is 12.1 Å². The van der Waals surface area contributed by atoms with Gasteiger partial charge in [-0.25, -0.2) is 0 Å². The zero-order chi connectivity index (χ0) is 10.2. The first-order valence-electron chi connectivity index (χ1n) is 4.76. The van der Waals surface area contributed by atoms with Gasteiger partial charge in [0.05, 0.1) is 4.47 Å². The zero-order valence-electron chi connectivity index (χ0n) is 8.84. The van der Waals surface area contributed by atoms with Crippen molar-refractivity contribution < 1.29 is 4.74 Å². The van der Waals surface area contributed by atoms with Gasteiger partial charge in [0.2, 0.25) is 0 Å². The number of rotatable bonds is 0. The Morgan fingerprint density at radius 1 is 1.40 bits per heavy atom. The van der Waals surface area contributed by atoms with Crippen molar-refractivity contribution in [3.8, 4) is 5.75 Å². The molecule has 2 nitrogen and oxygen atoms in total. The highest BCUT2D eigenvalue weighted by atomic mass is 79.9. The summed E-state index contributed by atoms with van der Waals surface area (Å²) in [6, 6.07) is 6.14. The molecule has 1 aliphatic heterocycles. The lowest BCUT2D eigenvalue weighted by Crippen LogP contribution is -2.37. The molecule has 4 heteroatoms. The normalized spacial score (nSPS) is 18.1. The van der Waals surface area contributed by atoms with Crippen LogP contribution in [0.15, 0.2) is 22.7 Å². The number of hydrogen-bond acceptors (Lipinski definition) is 2. The van der Waals surface area contributed by atoms with E-state index in [0.29, 0.717) is 0 Å². The second-order valence-electron chi connectivity index (χ2n) is 4.19. The first-order chi connectivity index (χ1) is 6.58. The quantitative estimate of drug-likeness (QED) is 0.793. The number of fused-ring (bicyclic) bond motifs is 1. The van der Waals surface area contributed by atoms with Crippen molar-refractivity contribution in [2.45, 2.75) is 26.0 Å². The number of ether oxygens (including phenoxy) is 1. The monoisotopic (exact) mass is 291 g/mol.